The van der Waals surface area contributed by atoms with Gasteiger partial charge in [-0.3, -0.25) is 4.79 Å². The van der Waals surface area contributed by atoms with Crippen LogP contribution in [-0.2, 0) is 14.3 Å². The van der Waals surface area contributed by atoms with E-state index in [1.54, 1.807) is 20.8 Å². The molecular formula is C14H23Br2NO4. The van der Waals surface area contributed by atoms with E-state index in [9.17, 15) is 9.59 Å². The van der Waals surface area contributed by atoms with Gasteiger partial charge in [-0.05, 0) is 33.1 Å². The van der Waals surface area contributed by atoms with Crippen molar-refractivity contribution >= 4 is 43.7 Å². The zero-order chi connectivity index (χ0) is 16.0. The first-order valence-electron chi connectivity index (χ1n) is 7.08. The second-order valence-corrected chi connectivity index (χ2v) is 9.27. The second-order valence-electron chi connectivity index (χ2n) is 6.21. The Hall–Kier alpha value is -0.140. The van der Waals surface area contributed by atoms with E-state index in [0.29, 0.717) is 6.61 Å². The van der Waals surface area contributed by atoms with Gasteiger partial charge >= 0.3 is 6.09 Å². The highest BCUT2D eigenvalue weighted by Crippen LogP contribution is 2.32. The van der Waals surface area contributed by atoms with E-state index in [-0.39, 0.29) is 12.4 Å². The number of carbonyl (C=O) groups excluding carboxylic acids is 2. The summed E-state index contributed by atoms with van der Waals surface area (Å²) in [6.45, 7) is 6.08. The standard InChI is InChI=1S/C14H23Br2NO4/c1-14(2,3)21-13(19)17-10(11(18)12(15)16)8-20-7-6-9-4-5-9/h9-10,12H,4-8H2,1-3H3,(H,17,19). The fourth-order valence-electron chi connectivity index (χ4n) is 1.65. The maximum atomic E-state index is 12.0. The lowest BCUT2D eigenvalue weighted by Crippen LogP contribution is -2.47. The summed E-state index contributed by atoms with van der Waals surface area (Å²) in [5.41, 5.74) is -0.604. The molecule has 0 aromatic heterocycles. The molecule has 1 fully saturated rings. The third kappa shape index (κ3) is 8.78. The molecule has 5 nitrogen and oxygen atoms in total. The molecule has 1 rings (SSSR count). The molecule has 1 aliphatic rings. The van der Waals surface area contributed by atoms with Crippen LogP contribution in [0.5, 0.6) is 0 Å². The van der Waals surface area contributed by atoms with Gasteiger partial charge in [0, 0.05) is 6.61 Å². The normalized spacial score (nSPS) is 16.7. The van der Waals surface area contributed by atoms with Gasteiger partial charge in [0.05, 0.1) is 6.61 Å². The van der Waals surface area contributed by atoms with Crippen molar-refractivity contribution < 1.29 is 19.1 Å². The summed E-state index contributed by atoms with van der Waals surface area (Å²) in [4.78, 5) is 23.8. The summed E-state index contributed by atoms with van der Waals surface area (Å²) in [5.74, 6) is 0.574. The van der Waals surface area contributed by atoms with Gasteiger partial charge in [0.1, 0.15) is 15.4 Å². The smallest absolute Gasteiger partial charge is 0.408 e. The molecule has 0 radical (unpaired) electrons. The van der Waals surface area contributed by atoms with Crippen LogP contribution in [0.4, 0.5) is 4.79 Å². The van der Waals surface area contributed by atoms with Crippen LogP contribution < -0.4 is 5.32 Å². The number of nitrogens with one attached hydrogen (secondary N) is 1. The molecule has 7 heteroatoms. The van der Waals surface area contributed by atoms with E-state index in [4.69, 9.17) is 9.47 Å². The van der Waals surface area contributed by atoms with Gasteiger partial charge in [0.25, 0.3) is 0 Å². The van der Waals surface area contributed by atoms with Gasteiger partial charge in [-0.2, -0.15) is 0 Å². The number of Topliss-reactive ketones (excluding diaryl/α,β-unsaturated/α-hetero) is 1. The molecule has 1 amide bonds. The van der Waals surface area contributed by atoms with Crippen LogP contribution in [0.2, 0.25) is 0 Å². The highest BCUT2D eigenvalue weighted by atomic mass is 79.9. The number of carbonyl (C=O) groups is 2. The number of alkyl halides is 2. The average molecular weight is 429 g/mol. The molecule has 0 bridgehead atoms. The summed E-state index contributed by atoms with van der Waals surface area (Å²) in [7, 11) is 0. The first kappa shape index (κ1) is 18.9. The topological polar surface area (TPSA) is 64.6 Å². The molecule has 0 aromatic carbocycles. The number of hydrogen-bond acceptors (Lipinski definition) is 4. The van der Waals surface area contributed by atoms with Crippen molar-refractivity contribution in [2.24, 2.45) is 5.92 Å². The number of amides is 1. The van der Waals surface area contributed by atoms with Crippen molar-refractivity contribution in [2.75, 3.05) is 13.2 Å². The summed E-state index contributed by atoms with van der Waals surface area (Å²) in [6, 6.07) is -0.734. The molecule has 21 heavy (non-hydrogen) atoms. The van der Waals surface area contributed by atoms with Crippen molar-refractivity contribution in [3.05, 3.63) is 0 Å². The van der Waals surface area contributed by atoms with Crippen molar-refractivity contribution in [1.82, 2.24) is 5.32 Å². The largest absolute Gasteiger partial charge is 0.444 e. The Labute approximate surface area is 142 Å². The minimum atomic E-state index is -0.734. The first-order chi connectivity index (χ1) is 9.69. The number of alkyl carbamates (subject to hydrolysis) is 1. The summed E-state index contributed by atoms with van der Waals surface area (Å²) >= 11 is 6.31. The zero-order valence-electron chi connectivity index (χ0n) is 12.7. The lowest BCUT2D eigenvalue weighted by Gasteiger charge is -2.23. The Morgan fingerprint density at radius 1 is 1.29 bits per heavy atom. The number of hydrogen-bond donors (Lipinski definition) is 1. The molecule has 0 aromatic rings. The molecule has 1 unspecified atom stereocenters. The van der Waals surface area contributed by atoms with E-state index < -0.39 is 21.5 Å². The monoisotopic (exact) mass is 427 g/mol. The number of halogens is 2. The maximum Gasteiger partial charge on any atom is 0.408 e. The van der Waals surface area contributed by atoms with Crippen LogP contribution in [0.1, 0.15) is 40.0 Å². The van der Waals surface area contributed by atoms with Gasteiger partial charge < -0.3 is 14.8 Å². The predicted molar refractivity (Wildman–Crippen MR) is 88.0 cm³/mol. The minimum Gasteiger partial charge on any atom is -0.444 e. The highest BCUT2D eigenvalue weighted by molar-refractivity contribution is 9.25. The third-order valence-corrected chi connectivity index (χ3v) is 3.80. The van der Waals surface area contributed by atoms with Gasteiger partial charge in [-0.1, -0.05) is 44.7 Å². The van der Waals surface area contributed by atoms with E-state index in [1.165, 1.54) is 12.8 Å². The molecule has 122 valence electrons. The Bertz CT molecular complexity index is 364. The van der Waals surface area contributed by atoms with Crippen LogP contribution in [-0.4, -0.2) is 40.5 Å². The van der Waals surface area contributed by atoms with E-state index in [2.05, 4.69) is 37.2 Å². The minimum absolute atomic E-state index is 0.151. The molecule has 1 saturated carbocycles. The summed E-state index contributed by atoms with van der Waals surface area (Å²) < 4.78 is 10.1. The van der Waals surface area contributed by atoms with Gasteiger partial charge in [-0.15, -0.1) is 0 Å². The maximum absolute atomic E-state index is 12.0. The lowest BCUT2D eigenvalue weighted by molar-refractivity contribution is -0.120. The zero-order valence-corrected chi connectivity index (χ0v) is 15.8. The Morgan fingerprint density at radius 2 is 1.90 bits per heavy atom. The Kier molecular flexibility index (Phi) is 7.64. The molecule has 1 atom stereocenters. The molecule has 0 saturated heterocycles. The molecule has 0 spiro atoms. The average Bonchev–Trinajstić information content (AvgIpc) is 3.13. The number of rotatable bonds is 8. The molecule has 1 N–H and O–H groups in total. The van der Waals surface area contributed by atoms with E-state index >= 15 is 0 Å². The number of ether oxygens (including phenoxy) is 2. The van der Waals surface area contributed by atoms with E-state index in [0.717, 1.165) is 12.3 Å². The predicted octanol–water partition coefficient (Wildman–Crippen LogP) is 3.38. The van der Waals surface area contributed by atoms with Crippen LogP contribution >= 0.6 is 31.9 Å². The fraction of sp³-hybridized carbons (Fsp3) is 0.857. The lowest BCUT2D eigenvalue weighted by atomic mass is 10.2. The third-order valence-electron chi connectivity index (χ3n) is 2.90. The van der Waals surface area contributed by atoms with Crippen LogP contribution in [0.25, 0.3) is 0 Å². The Morgan fingerprint density at radius 3 is 2.38 bits per heavy atom. The molecule has 0 heterocycles. The SMILES string of the molecule is CC(C)(C)OC(=O)NC(COCCC1CC1)C(=O)C(Br)Br. The second kappa shape index (κ2) is 8.48. The summed E-state index contributed by atoms with van der Waals surface area (Å²) in [6.07, 6.45) is 2.94. The van der Waals surface area contributed by atoms with Gasteiger partial charge in [0.15, 0.2) is 5.78 Å². The van der Waals surface area contributed by atoms with Gasteiger partial charge in [-0.25, -0.2) is 4.79 Å². The first-order valence-corrected chi connectivity index (χ1v) is 8.91. The number of ketones is 1. The van der Waals surface area contributed by atoms with E-state index in [1.807, 2.05) is 0 Å². The van der Waals surface area contributed by atoms with Crippen LogP contribution in [0, 0.1) is 5.92 Å². The van der Waals surface area contributed by atoms with Gasteiger partial charge in [0.2, 0.25) is 0 Å². The van der Waals surface area contributed by atoms with Crippen molar-refractivity contribution in [1.29, 1.82) is 0 Å². The van der Waals surface area contributed by atoms with Crippen molar-refractivity contribution in [3.63, 3.8) is 0 Å². The molecule has 1 aliphatic carbocycles. The van der Waals surface area contributed by atoms with Crippen LogP contribution in [0.3, 0.4) is 0 Å². The quantitative estimate of drug-likeness (QED) is 0.475. The molecular weight excluding hydrogens is 406 g/mol. The fourth-order valence-corrected chi connectivity index (χ4v) is 2.29. The molecule has 0 aliphatic heterocycles. The summed E-state index contributed by atoms with van der Waals surface area (Å²) in [5, 5.41) is 2.56. The highest BCUT2D eigenvalue weighted by Gasteiger charge is 2.28. The van der Waals surface area contributed by atoms with Crippen LogP contribution in [0.15, 0.2) is 0 Å². The van der Waals surface area contributed by atoms with Crippen molar-refractivity contribution in [3.8, 4) is 0 Å². The Balaban J connectivity index is 2.42. The van der Waals surface area contributed by atoms with Crippen molar-refractivity contribution in [2.45, 2.75) is 55.4 Å².